The van der Waals surface area contributed by atoms with Crippen LogP contribution < -0.4 is 36.6 Å². The lowest BCUT2D eigenvalue weighted by Gasteiger charge is -2.29. The first kappa shape index (κ1) is 27.5. The third-order valence-electron chi connectivity index (χ3n) is 8.85. The molecule has 224 valence electrons. The zero-order valence-corrected chi connectivity index (χ0v) is 24.6. The number of nitrogens with zero attached hydrogens (tertiary/aromatic N) is 7. The number of hydrogen-bond acceptors (Lipinski definition) is 11. The summed E-state index contributed by atoms with van der Waals surface area (Å²) in [7, 11) is 0. The second-order valence-corrected chi connectivity index (χ2v) is 11.6. The molecule has 1 aliphatic carbocycles. The summed E-state index contributed by atoms with van der Waals surface area (Å²) in [5.41, 5.74) is 4.10. The Balaban J connectivity index is 1.18. The van der Waals surface area contributed by atoms with E-state index in [0.29, 0.717) is 28.9 Å². The van der Waals surface area contributed by atoms with Gasteiger partial charge in [0, 0.05) is 70.0 Å². The molecule has 0 amide bonds. The molecule has 1 saturated carbocycles. The number of aryl methyl sites for hydroxylation is 1. The summed E-state index contributed by atoms with van der Waals surface area (Å²) in [6, 6.07) is 8.14. The van der Waals surface area contributed by atoms with E-state index in [-0.39, 0.29) is 11.6 Å². The van der Waals surface area contributed by atoms with E-state index >= 15 is 0 Å². The van der Waals surface area contributed by atoms with E-state index in [1.54, 1.807) is 0 Å². The van der Waals surface area contributed by atoms with Crippen molar-refractivity contribution in [1.82, 2.24) is 35.1 Å². The van der Waals surface area contributed by atoms with Gasteiger partial charge in [0.2, 0.25) is 5.95 Å². The van der Waals surface area contributed by atoms with Crippen LogP contribution in [0.25, 0.3) is 11.0 Å². The van der Waals surface area contributed by atoms with E-state index in [9.17, 15) is 4.79 Å². The van der Waals surface area contributed by atoms with Crippen LogP contribution in [-0.4, -0.2) is 76.9 Å². The van der Waals surface area contributed by atoms with Crippen molar-refractivity contribution in [3.63, 3.8) is 0 Å². The van der Waals surface area contributed by atoms with Crippen LogP contribution >= 0.6 is 0 Å². The average molecular weight is 582 g/mol. The maximum atomic E-state index is 14.1. The van der Waals surface area contributed by atoms with E-state index in [0.717, 1.165) is 100 Å². The molecule has 0 aromatic carbocycles. The number of pyridine rings is 3. The van der Waals surface area contributed by atoms with Crippen molar-refractivity contribution in [1.29, 1.82) is 0 Å². The van der Waals surface area contributed by atoms with Gasteiger partial charge in [-0.15, -0.1) is 0 Å². The third-order valence-corrected chi connectivity index (χ3v) is 8.85. The van der Waals surface area contributed by atoms with E-state index in [1.807, 2.05) is 42.2 Å². The summed E-state index contributed by atoms with van der Waals surface area (Å²) < 4.78 is 1.88. The highest BCUT2D eigenvalue weighted by Crippen LogP contribution is 2.33. The minimum absolute atomic E-state index is 0.0759. The minimum Gasteiger partial charge on any atom is -0.368 e. The Kier molecular flexibility index (Phi) is 7.77. The molecule has 12 heteroatoms. The van der Waals surface area contributed by atoms with Crippen molar-refractivity contribution in [2.75, 3.05) is 72.8 Å². The van der Waals surface area contributed by atoms with Gasteiger partial charge in [-0.3, -0.25) is 9.36 Å². The summed E-state index contributed by atoms with van der Waals surface area (Å²) >= 11 is 0. The molecule has 7 rings (SSSR count). The lowest BCUT2D eigenvalue weighted by molar-refractivity contribution is 0.516. The van der Waals surface area contributed by atoms with Gasteiger partial charge in [-0.25, -0.2) is 15.0 Å². The normalized spacial score (nSPS) is 17.9. The Labute approximate surface area is 251 Å². The summed E-state index contributed by atoms with van der Waals surface area (Å²) in [5, 5.41) is 14.2. The van der Waals surface area contributed by atoms with Crippen LogP contribution in [0.4, 0.5) is 34.6 Å². The molecule has 12 nitrogen and oxygen atoms in total. The topological polar surface area (TPSA) is 128 Å². The number of fused-ring (bicyclic) bond motifs is 1. The summed E-state index contributed by atoms with van der Waals surface area (Å²) in [6.07, 6.45) is 9.69. The molecule has 0 atom stereocenters. The molecule has 4 N–H and O–H groups in total. The lowest BCUT2D eigenvalue weighted by Crippen LogP contribution is -2.43. The highest BCUT2D eigenvalue weighted by molar-refractivity contribution is 5.85. The van der Waals surface area contributed by atoms with Crippen molar-refractivity contribution in [3.05, 3.63) is 58.8 Å². The van der Waals surface area contributed by atoms with Gasteiger partial charge in [-0.05, 0) is 49.6 Å². The molecular formula is C31H39N11O. The number of anilines is 6. The fourth-order valence-corrected chi connectivity index (χ4v) is 6.42. The smallest absolute Gasteiger partial charge is 0.276 e. The predicted octanol–water partition coefficient (Wildman–Crippen LogP) is 3.31. The largest absolute Gasteiger partial charge is 0.368 e. The number of aromatic nitrogens is 5. The van der Waals surface area contributed by atoms with Gasteiger partial charge < -0.3 is 31.1 Å². The lowest BCUT2D eigenvalue weighted by atomic mass is 10.1. The molecule has 43 heavy (non-hydrogen) atoms. The van der Waals surface area contributed by atoms with E-state index < -0.39 is 0 Å². The van der Waals surface area contributed by atoms with Crippen molar-refractivity contribution >= 4 is 45.7 Å². The SMILES string of the molecule is Cc1c(Nc2ccc(N3CCNCC3)cn2)c(=O)n(C2CCCC2)c2nc(Nc3ccc(N4CCNCC4)cn3)ncc12. The second-order valence-electron chi connectivity index (χ2n) is 11.6. The first-order valence-corrected chi connectivity index (χ1v) is 15.4. The van der Waals surface area contributed by atoms with Crippen LogP contribution in [0.5, 0.6) is 0 Å². The van der Waals surface area contributed by atoms with Crippen molar-refractivity contribution in [2.24, 2.45) is 0 Å². The van der Waals surface area contributed by atoms with Crippen LogP contribution in [0.1, 0.15) is 37.3 Å². The standard InChI is InChI=1S/C31H39N11O/c1-21-25-20-36-31(38-27-9-7-24(19-35-27)41-16-12-33-13-17-41)39-29(25)42(22-4-2-3-5-22)30(43)28(21)37-26-8-6-23(18-34-26)40-14-10-32-11-15-40/h6-9,18-20,22,32-33H,2-5,10-17H2,1H3,(H,34,37)(H,35,36,38,39). The first-order valence-electron chi connectivity index (χ1n) is 15.4. The van der Waals surface area contributed by atoms with E-state index in [4.69, 9.17) is 4.98 Å². The van der Waals surface area contributed by atoms with Gasteiger partial charge in [0.15, 0.2) is 0 Å². The van der Waals surface area contributed by atoms with Crippen LogP contribution in [0.15, 0.2) is 47.7 Å². The van der Waals surface area contributed by atoms with Crippen molar-refractivity contribution < 1.29 is 0 Å². The highest BCUT2D eigenvalue weighted by atomic mass is 16.1. The zero-order chi connectivity index (χ0) is 29.2. The van der Waals surface area contributed by atoms with E-state index in [2.05, 4.69) is 58.2 Å². The molecule has 0 spiro atoms. The number of hydrogen-bond donors (Lipinski definition) is 4. The quantitative estimate of drug-likeness (QED) is 0.257. The maximum Gasteiger partial charge on any atom is 0.276 e. The first-order chi connectivity index (χ1) is 21.1. The van der Waals surface area contributed by atoms with Crippen molar-refractivity contribution in [3.8, 4) is 0 Å². The van der Waals surface area contributed by atoms with Crippen LogP contribution in [0.2, 0.25) is 0 Å². The second kappa shape index (κ2) is 12.1. The molecule has 2 aliphatic heterocycles. The Bertz CT molecular complexity index is 1620. The van der Waals surface area contributed by atoms with Crippen LogP contribution in [0, 0.1) is 6.92 Å². The van der Waals surface area contributed by atoms with E-state index in [1.165, 1.54) is 0 Å². The summed E-state index contributed by atoms with van der Waals surface area (Å²) in [6.45, 7) is 9.69. The summed E-state index contributed by atoms with van der Waals surface area (Å²) in [4.78, 5) is 37.6. The molecule has 0 bridgehead atoms. The van der Waals surface area contributed by atoms with Gasteiger partial charge in [-0.2, -0.15) is 4.98 Å². The molecule has 2 saturated heterocycles. The molecule has 0 unspecified atom stereocenters. The summed E-state index contributed by atoms with van der Waals surface area (Å²) in [5.74, 6) is 1.73. The molecule has 4 aromatic heterocycles. The minimum atomic E-state index is -0.0759. The average Bonchev–Trinajstić information content (AvgIpc) is 3.59. The van der Waals surface area contributed by atoms with Gasteiger partial charge >= 0.3 is 0 Å². The monoisotopic (exact) mass is 581 g/mol. The number of rotatable bonds is 7. The van der Waals surface area contributed by atoms with Crippen molar-refractivity contribution in [2.45, 2.75) is 38.6 Å². The predicted molar refractivity (Wildman–Crippen MR) is 171 cm³/mol. The van der Waals surface area contributed by atoms with Gasteiger partial charge in [0.25, 0.3) is 5.56 Å². The van der Waals surface area contributed by atoms with Crippen LogP contribution in [0.3, 0.4) is 0 Å². The zero-order valence-electron chi connectivity index (χ0n) is 24.6. The molecule has 3 aliphatic rings. The Morgan fingerprint density at radius 3 is 1.91 bits per heavy atom. The van der Waals surface area contributed by atoms with Gasteiger partial charge in [0.05, 0.1) is 23.8 Å². The molecule has 0 radical (unpaired) electrons. The Morgan fingerprint density at radius 2 is 1.35 bits per heavy atom. The molecule has 4 aromatic rings. The Morgan fingerprint density at radius 1 is 0.767 bits per heavy atom. The third kappa shape index (κ3) is 5.72. The van der Waals surface area contributed by atoms with Gasteiger partial charge in [0.1, 0.15) is 23.0 Å². The fraction of sp³-hybridized carbons (Fsp3) is 0.452. The molecular weight excluding hydrogens is 542 g/mol. The van der Waals surface area contributed by atoms with Crippen LogP contribution in [-0.2, 0) is 0 Å². The van der Waals surface area contributed by atoms with Gasteiger partial charge in [-0.1, -0.05) is 12.8 Å². The molecule has 3 fully saturated rings. The maximum absolute atomic E-state index is 14.1. The molecule has 6 heterocycles. The fourth-order valence-electron chi connectivity index (χ4n) is 6.42. The number of piperazine rings is 2. The Hall–Kier alpha value is -4.29. The number of nitrogens with one attached hydrogen (secondary N) is 4. The highest BCUT2D eigenvalue weighted by Gasteiger charge is 2.25.